The van der Waals surface area contributed by atoms with Gasteiger partial charge in [0.2, 0.25) is 5.43 Å². The molecular weight excluding hydrogens is 457 g/mol. The van der Waals surface area contributed by atoms with E-state index in [1.807, 2.05) is 5.38 Å². The first-order valence-electron chi connectivity index (χ1n) is 10.2. The highest BCUT2D eigenvalue weighted by Gasteiger charge is 2.32. The van der Waals surface area contributed by atoms with Gasteiger partial charge < -0.3 is 19.9 Å². The molecule has 0 bridgehead atoms. The average Bonchev–Trinajstić information content (AvgIpc) is 3.24. The molecule has 1 unspecified atom stereocenters. The number of aromatic carboxylic acids is 1. The number of thiophene rings is 1. The summed E-state index contributed by atoms with van der Waals surface area (Å²) in [5.74, 6) is -2.20. The van der Waals surface area contributed by atoms with Gasteiger partial charge in [-0.2, -0.15) is 0 Å². The van der Waals surface area contributed by atoms with Gasteiger partial charge in [-0.3, -0.25) is 9.59 Å². The van der Waals surface area contributed by atoms with E-state index in [0.29, 0.717) is 29.9 Å². The van der Waals surface area contributed by atoms with E-state index in [4.69, 9.17) is 11.6 Å². The fourth-order valence-electron chi connectivity index (χ4n) is 4.26. The number of carboxylic acids is 1. The number of anilines is 1. The van der Waals surface area contributed by atoms with Crippen LogP contribution in [0.4, 0.5) is 10.1 Å². The number of aromatic nitrogens is 1. The minimum Gasteiger partial charge on any atom is -0.477 e. The number of hydrogen-bond acceptors (Lipinski definition) is 5. The van der Waals surface area contributed by atoms with Gasteiger partial charge in [0.15, 0.2) is 0 Å². The maximum Gasteiger partial charge on any atom is 0.341 e. The number of nitrogens with one attached hydrogen (secondary N) is 1. The number of amides is 1. The maximum absolute atomic E-state index is 15.2. The molecule has 7 nitrogen and oxygen atoms in total. The lowest BCUT2D eigenvalue weighted by atomic mass is 10.1. The van der Waals surface area contributed by atoms with Crippen molar-refractivity contribution in [2.24, 2.45) is 0 Å². The van der Waals surface area contributed by atoms with Gasteiger partial charge in [-0.05, 0) is 36.8 Å². The minimum absolute atomic E-state index is 0.0309. The second kappa shape index (κ2) is 7.90. The maximum atomic E-state index is 15.2. The summed E-state index contributed by atoms with van der Waals surface area (Å²) in [6.07, 6.45) is 3.60. The van der Waals surface area contributed by atoms with Gasteiger partial charge in [0, 0.05) is 31.4 Å². The van der Waals surface area contributed by atoms with E-state index in [-0.39, 0.29) is 34.1 Å². The van der Waals surface area contributed by atoms with Crippen LogP contribution in [0.5, 0.6) is 0 Å². The summed E-state index contributed by atoms with van der Waals surface area (Å²) < 4.78 is 16.9. The van der Waals surface area contributed by atoms with Crippen molar-refractivity contribution in [1.29, 1.82) is 0 Å². The lowest BCUT2D eigenvalue weighted by Gasteiger charge is -2.23. The minimum atomic E-state index is -1.35. The fraction of sp³-hybridized carbons (Fsp3) is 0.318. The van der Waals surface area contributed by atoms with Crippen molar-refractivity contribution in [1.82, 2.24) is 9.88 Å². The Kier molecular flexibility index (Phi) is 5.17. The predicted octanol–water partition coefficient (Wildman–Crippen LogP) is 3.90. The topological polar surface area (TPSA) is 91.6 Å². The van der Waals surface area contributed by atoms with E-state index in [2.05, 4.69) is 5.32 Å². The second-order valence-electron chi connectivity index (χ2n) is 8.12. The van der Waals surface area contributed by atoms with Crippen molar-refractivity contribution in [3.05, 3.63) is 61.3 Å². The molecule has 1 aliphatic carbocycles. The Morgan fingerprint density at radius 3 is 2.72 bits per heavy atom. The molecule has 10 heteroatoms. The number of fused-ring (bicyclic) bond motifs is 1. The Balaban J connectivity index is 1.52. The van der Waals surface area contributed by atoms with Crippen molar-refractivity contribution in [2.45, 2.75) is 31.3 Å². The van der Waals surface area contributed by atoms with Gasteiger partial charge in [0.1, 0.15) is 11.4 Å². The van der Waals surface area contributed by atoms with Crippen LogP contribution in [0.1, 0.15) is 45.3 Å². The summed E-state index contributed by atoms with van der Waals surface area (Å²) in [4.78, 5) is 39.0. The Morgan fingerprint density at radius 1 is 1.28 bits per heavy atom. The van der Waals surface area contributed by atoms with Crippen molar-refractivity contribution in [3.63, 3.8) is 0 Å². The summed E-state index contributed by atoms with van der Waals surface area (Å²) >= 11 is 8.02. The van der Waals surface area contributed by atoms with Crippen molar-refractivity contribution < 1.29 is 19.1 Å². The predicted molar refractivity (Wildman–Crippen MR) is 121 cm³/mol. The van der Waals surface area contributed by atoms with Crippen molar-refractivity contribution in [2.75, 3.05) is 18.0 Å². The Hall–Kier alpha value is -2.91. The second-order valence-corrected chi connectivity index (χ2v) is 9.44. The molecule has 32 heavy (non-hydrogen) atoms. The zero-order valence-corrected chi connectivity index (χ0v) is 18.4. The first-order chi connectivity index (χ1) is 15.3. The molecule has 3 heterocycles. The average molecular weight is 476 g/mol. The molecule has 2 aromatic heterocycles. The van der Waals surface area contributed by atoms with Crippen LogP contribution in [-0.2, 0) is 0 Å². The number of pyridine rings is 1. The molecule has 1 aromatic carbocycles. The third-order valence-electron chi connectivity index (χ3n) is 5.94. The smallest absolute Gasteiger partial charge is 0.341 e. The normalized spacial score (nSPS) is 18.3. The van der Waals surface area contributed by atoms with Gasteiger partial charge >= 0.3 is 5.97 Å². The van der Waals surface area contributed by atoms with Gasteiger partial charge in [-0.25, -0.2) is 9.18 Å². The highest BCUT2D eigenvalue weighted by molar-refractivity contribution is 7.12. The molecule has 1 saturated heterocycles. The molecule has 2 fully saturated rings. The Morgan fingerprint density at radius 2 is 2.06 bits per heavy atom. The zero-order valence-electron chi connectivity index (χ0n) is 16.8. The first-order valence-corrected chi connectivity index (χ1v) is 11.5. The summed E-state index contributed by atoms with van der Waals surface area (Å²) in [6, 6.07) is 4.50. The van der Waals surface area contributed by atoms with Gasteiger partial charge in [-0.1, -0.05) is 17.7 Å². The highest BCUT2D eigenvalue weighted by atomic mass is 35.5. The summed E-state index contributed by atoms with van der Waals surface area (Å²) in [6.45, 7) is 0.860. The van der Waals surface area contributed by atoms with Gasteiger partial charge in [-0.15, -0.1) is 11.3 Å². The van der Waals surface area contributed by atoms with Crippen LogP contribution in [0, 0.1) is 5.82 Å². The third kappa shape index (κ3) is 3.55. The summed E-state index contributed by atoms with van der Waals surface area (Å²) in [7, 11) is 0. The first kappa shape index (κ1) is 21.0. The SMILES string of the molecule is O=C(NC1CCN(c2c(F)cc3c(=O)c(C(=O)O)cn(C4CC4)c3c2Cl)C1)c1cccs1. The molecule has 0 spiro atoms. The molecule has 1 atom stereocenters. The molecular formula is C22H19ClFN3O4S. The van der Waals surface area contributed by atoms with E-state index in [1.54, 1.807) is 21.6 Å². The lowest BCUT2D eigenvalue weighted by Crippen LogP contribution is -2.37. The number of halogens is 2. The molecule has 0 radical (unpaired) electrons. The Bertz CT molecular complexity index is 1300. The zero-order chi connectivity index (χ0) is 22.6. The largest absolute Gasteiger partial charge is 0.477 e. The highest BCUT2D eigenvalue weighted by Crippen LogP contribution is 2.42. The van der Waals surface area contributed by atoms with E-state index < -0.39 is 22.8 Å². The number of carbonyl (C=O) groups is 2. The molecule has 166 valence electrons. The van der Waals surface area contributed by atoms with Crippen molar-refractivity contribution in [3.8, 4) is 0 Å². The molecule has 1 saturated carbocycles. The Labute approximate surface area is 191 Å². The van der Waals surface area contributed by atoms with Gasteiger partial charge in [0.05, 0.1) is 26.5 Å². The van der Waals surface area contributed by atoms with Crippen LogP contribution in [0.15, 0.2) is 34.6 Å². The number of carboxylic acid groups (broad SMARTS) is 1. The standard InChI is InChI=1S/C22H19ClFN3O4S/c23-17-18-13(20(28)14(22(30)31)10-27(18)12-3-4-12)8-15(24)19(17)26-6-5-11(9-26)25-21(29)16-2-1-7-32-16/h1-2,7-8,10-12H,3-6,9H2,(H,25,29)(H,30,31). The van der Waals surface area contributed by atoms with E-state index in [1.165, 1.54) is 17.5 Å². The number of rotatable bonds is 5. The summed E-state index contributed by atoms with van der Waals surface area (Å²) in [5, 5.41) is 14.3. The number of nitrogens with zero attached hydrogens (tertiary/aromatic N) is 2. The van der Waals surface area contributed by atoms with Crippen molar-refractivity contribution >= 4 is 51.4 Å². The molecule has 3 aromatic rings. The van der Waals surface area contributed by atoms with Crippen LogP contribution < -0.4 is 15.6 Å². The fourth-order valence-corrected chi connectivity index (χ4v) is 5.30. The van der Waals surface area contributed by atoms with E-state index in [0.717, 1.165) is 18.9 Å². The monoisotopic (exact) mass is 475 g/mol. The molecule has 1 aliphatic heterocycles. The van der Waals surface area contributed by atoms with Crippen LogP contribution in [0.25, 0.3) is 10.9 Å². The lowest BCUT2D eigenvalue weighted by molar-refractivity contribution is 0.0694. The van der Waals surface area contributed by atoms with E-state index >= 15 is 4.39 Å². The molecule has 5 rings (SSSR count). The molecule has 2 aliphatic rings. The van der Waals surface area contributed by atoms with E-state index in [9.17, 15) is 19.5 Å². The van der Waals surface area contributed by atoms with Crippen LogP contribution in [0.2, 0.25) is 5.02 Å². The number of hydrogen-bond donors (Lipinski definition) is 2. The van der Waals surface area contributed by atoms with Crippen LogP contribution in [-0.4, -0.2) is 40.7 Å². The number of benzene rings is 1. The third-order valence-corrected chi connectivity index (χ3v) is 7.17. The number of carbonyl (C=O) groups excluding carboxylic acids is 1. The van der Waals surface area contributed by atoms with Gasteiger partial charge in [0.25, 0.3) is 5.91 Å². The summed E-state index contributed by atoms with van der Waals surface area (Å²) in [5.41, 5.74) is -0.625. The molecule has 2 N–H and O–H groups in total. The van der Waals surface area contributed by atoms with Crippen LogP contribution >= 0.6 is 22.9 Å². The quantitative estimate of drug-likeness (QED) is 0.584. The molecule has 1 amide bonds. The van der Waals surface area contributed by atoms with Crippen LogP contribution in [0.3, 0.4) is 0 Å².